The molecule has 1 nitrogen and oxygen atoms in total. The largest absolute Gasteiger partial charge is 0.378 e. The first-order valence-electron chi connectivity index (χ1n) is 4.76. The van der Waals surface area contributed by atoms with Gasteiger partial charge in [0.05, 0.1) is 0 Å². The van der Waals surface area contributed by atoms with E-state index in [1.54, 1.807) is 0 Å². The summed E-state index contributed by atoms with van der Waals surface area (Å²) in [7, 11) is 4.18. The molecule has 0 aliphatic heterocycles. The molecule has 0 spiro atoms. The molecule has 0 aromatic heterocycles. The zero-order valence-corrected chi connectivity index (χ0v) is 9.02. The number of likely N-dealkylation sites (N-methyl/N-ethyl adjacent to an activating group) is 1. The van der Waals surface area contributed by atoms with E-state index in [9.17, 15) is 0 Å². The first-order valence-corrected chi connectivity index (χ1v) is 4.76. The van der Waals surface area contributed by atoms with Gasteiger partial charge in [0.1, 0.15) is 0 Å². The third kappa shape index (κ3) is 3.12. The van der Waals surface area contributed by atoms with Crippen molar-refractivity contribution in [2.45, 2.75) is 33.6 Å². The summed E-state index contributed by atoms with van der Waals surface area (Å²) >= 11 is 0. The molecule has 1 aliphatic carbocycles. The van der Waals surface area contributed by atoms with E-state index in [1.165, 1.54) is 24.1 Å². The van der Waals surface area contributed by atoms with Crippen molar-refractivity contribution < 1.29 is 0 Å². The number of allylic oxidation sites excluding steroid dienone is 3. The summed E-state index contributed by atoms with van der Waals surface area (Å²) in [4.78, 5) is 2.17. The lowest BCUT2D eigenvalue weighted by Gasteiger charge is -2.20. The maximum Gasteiger partial charge on any atom is 0.0347 e. The molecule has 12 heavy (non-hydrogen) atoms. The van der Waals surface area contributed by atoms with Gasteiger partial charge in [-0.05, 0) is 25.3 Å². The lowest BCUT2D eigenvalue weighted by molar-refractivity contribution is 0.514. The van der Waals surface area contributed by atoms with Gasteiger partial charge in [0.15, 0.2) is 0 Å². The Morgan fingerprint density at radius 1 is 1.08 bits per heavy atom. The maximum atomic E-state index is 2.30. The molecule has 0 fully saturated rings. The van der Waals surface area contributed by atoms with Crippen LogP contribution in [0.25, 0.3) is 0 Å². The van der Waals surface area contributed by atoms with Crippen LogP contribution < -0.4 is 0 Å². The minimum Gasteiger partial charge on any atom is -0.378 e. The Kier molecular flexibility index (Phi) is 5.52. The lowest BCUT2D eigenvalue weighted by atomic mass is 10.0. The van der Waals surface area contributed by atoms with Crippen LogP contribution in [-0.4, -0.2) is 19.0 Å². The summed E-state index contributed by atoms with van der Waals surface area (Å²) < 4.78 is 0. The van der Waals surface area contributed by atoms with Gasteiger partial charge < -0.3 is 4.90 Å². The minimum atomic E-state index is 1.20. The third-order valence-corrected chi connectivity index (χ3v) is 1.84. The van der Waals surface area contributed by atoms with Crippen molar-refractivity contribution >= 4 is 0 Å². The van der Waals surface area contributed by atoms with Crippen molar-refractivity contribution in [1.29, 1.82) is 0 Å². The van der Waals surface area contributed by atoms with E-state index >= 15 is 0 Å². The predicted octanol–water partition coefficient (Wildman–Crippen LogP) is 3.20. The Balaban J connectivity index is 0.000000561. The summed E-state index contributed by atoms with van der Waals surface area (Å²) in [6.45, 7) is 6.17. The Morgan fingerprint density at radius 2 is 1.58 bits per heavy atom. The molecule has 0 unspecified atom stereocenters. The molecular formula is C11H21N. The van der Waals surface area contributed by atoms with Gasteiger partial charge in [-0.3, -0.25) is 0 Å². The first kappa shape index (κ1) is 11.3. The van der Waals surface area contributed by atoms with Crippen LogP contribution in [0.4, 0.5) is 0 Å². The highest BCUT2D eigenvalue weighted by Crippen LogP contribution is 2.18. The van der Waals surface area contributed by atoms with Crippen LogP contribution in [-0.2, 0) is 0 Å². The topological polar surface area (TPSA) is 3.24 Å². The van der Waals surface area contributed by atoms with Gasteiger partial charge in [-0.15, -0.1) is 0 Å². The molecule has 70 valence electrons. The molecule has 0 atom stereocenters. The lowest BCUT2D eigenvalue weighted by Crippen LogP contribution is -2.13. The van der Waals surface area contributed by atoms with E-state index in [1.807, 2.05) is 13.8 Å². The van der Waals surface area contributed by atoms with Crippen molar-refractivity contribution in [2.24, 2.45) is 0 Å². The van der Waals surface area contributed by atoms with Gasteiger partial charge >= 0.3 is 0 Å². The van der Waals surface area contributed by atoms with Crippen molar-refractivity contribution in [3.8, 4) is 0 Å². The average Bonchev–Trinajstić information content (AvgIpc) is 2.08. The fraction of sp³-hybridized carbons (Fsp3) is 0.636. The average molecular weight is 167 g/mol. The highest BCUT2D eigenvalue weighted by molar-refractivity contribution is 5.29. The maximum absolute atomic E-state index is 2.30. The SMILES string of the molecule is CC.CC1=CCCC=C1N(C)C. The Bertz CT molecular complexity index is 175. The van der Waals surface area contributed by atoms with Gasteiger partial charge in [0, 0.05) is 19.8 Å². The highest BCUT2D eigenvalue weighted by Gasteiger charge is 2.04. The number of hydrogen-bond acceptors (Lipinski definition) is 1. The van der Waals surface area contributed by atoms with Crippen molar-refractivity contribution in [3.63, 3.8) is 0 Å². The van der Waals surface area contributed by atoms with Crippen molar-refractivity contribution in [1.82, 2.24) is 4.90 Å². The molecule has 1 heteroatoms. The van der Waals surface area contributed by atoms with E-state index in [0.29, 0.717) is 0 Å². The molecule has 0 saturated carbocycles. The molecule has 0 radical (unpaired) electrons. The molecule has 0 aromatic carbocycles. The van der Waals surface area contributed by atoms with Crippen molar-refractivity contribution in [3.05, 3.63) is 23.4 Å². The Morgan fingerprint density at radius 3 is 1.92 bits per heavy atom. The van der Waals surface area contributed by atoms with Crippen LogP contribution in [0.15, 0.2) is 23.4 Å². The molecule has 1 aliphatic rings. The molecule has 1 rings (SSSR count). The highest BCUT2D eigenvalue weighted by atomic mass is 15.1. The third-order valence-electron chi connectivity index (χ3n) is 1.84. The minimum absolute atomic E-state index is 1.20. The quantitative estimate of drug-likeness (QED) is 0.579. The van der Waals surface area contributed by atoms with E-state index in [4.69, 9.17) is 0 Å². The van der Waals surface area contributed by atoms with E-state index in [-0.39, 0.29) is 0 Å². The molecule has 0 heterocycles. The van der Waals surface area contributed by atoms with Crippen LogP contribution >= 0.6 is 0 Å². The fourth-order valence-electron chi connectivity index (χ4n) is 1.32. The van der Waals surface area contributed by atoms with Gasteiger partial charge in [0.2, 0.25) is 0 Å². The molecular weight excluding hydrogens is 146 g/mol. The van der Waals surface area contributed by atoms with Gasteiger partial charge in [-0.25, -0.2) is 0 Å². The van der Waals surface area contributed by atoms with E-state index < -0.39 is 0 Å². The smallest absolute Gasteiger partial charge is 0.0347 e. The van der Waals surface area contributed by atoms with E-state index in [2.05, 4.69) is 38.1 Å². The van der Waals surface area contributed by atoms with Crippen LogP contribution in [0, 0.1) is 0 Å². The van der Waals surface area contributed by atoms with Crippen molar-refractivity contribution in [2.75, 3.05) is 14.1 Å². The summed E-state index contributed by atoms with van der Waals surface area (Å²) in [5.74, 6) is 0. The zero-order valence-electron chi connectivity index (χ0n) is 9.02. The second-order valence-corrected chi connectivity index (χ2v) is 2.95. The number of rotatable bonds is 1. The van der Waals surface area contributed by atoms with E-state index in [0.717, 1.165) is 0 Å². The van der Waals surface area contributed by atoms with Gasteiger partial charge in [0.25, 0.3) is 0 Å². The molecule has 0 aromatic rings. The number of nitrogens with zero attached hydrogens (tertiary/aromatic N) is 1. The Labute approximate surface area is 76.8 Å². The summed E-state index contributed by atoms with van der Waals surface area (Å²) in [6, 6.07) is 0. The second kappa shape index (κ2) is 5.87. The van der Waals surface area contributed by atoms with Crippen LogP contribution in [0.1, 0.15) is 33.6 Å². The molecule has 0 saturated heterocycles. The van der Waals surface area contributed by atoms with Gasteiger partial charge in [-0.1, -0.05) is 26.0 Å². The number of hydrogen-bond donors (Lipinski definition) is 0. The first-order chi connectivity index (χ1) is 5.72. The summed E-state index contributed by atoms with van der Waals surface area (Å²) in [5, 5.41) is 0. The predicted molar refractivity (Wildman–Crippen MR) is 56.1 cm³/mol. The Hall–Kier alpha value is -0.720. The summed E-state index contributed by atoms with van der Waals surface area (Å²) in [6.07, 6.45) is 7.01. The summed E-state index contributed by atoms with van der Waals surface area (Å²) in [5.41, 5.74) is 2.79. The van der Waals surface area contributed by atoms with Crippen LogP contribution in [0.2, 0.25) is 0 Å². The van der Waals surface area contributed by atoms with Crippen LogP contribution in [0.5, 0.6) is 0 Å². The molecule has 0 amide bonds. The molecule has 0 bridgehead atoms. The van der Waals surface area contributed by atoms with Crippen LogP contribution in [0.3, 0.4) is 0 Å². The normalized spacial score (nSPS) is 15.4. The monoisotopic (exact) mass is 167 g/mol. The van der Waals surface area contributed by atoms with Gasteiger partial charge in [-0.2, -0.15) is 0 Å². The second-order valence-electron chi connectivity index (χ2n) is 2.95. The fourth-order valence-corrected chi connectivity index (χ4v) is 1.32. The molecule has 0 N–H and O–H groups in total. The zero-order chi connectivity index (χ0) is 9.56. The standard InChI is InChI=1S/C9H15N.C2H6/c1-8-6-4-5-7-9(8)10(2)3;1-2/h6-7H,4-5H2,1-3H3;1-2H3.